The van der Waals surface area contributed by atoms with Crippen LogP contribution in [0.25, 0.3) is 10.2 Å². The van der Waals surface area contributed by atoms with Crippen molar-refractivity contribution in [2.75, 3.05) is 11.9 Å². The minimum atomic E-state index is -0.706. The Morgan fingerprint density at radius 1 is 1.17 bits per heavy atom. The third-order valence-electron chi connectivity index (χ3n) is 4.73. The molecule has 1 aromatic heterocycles. The Kier molecular flexibility index (Phi) is 6.72. The van der Waals surface area contributed by atoms with Gasteiger partial charge in [-0.15, -0.1) is 0 Å². The van der Waals surface area contributed by atoms with E-state index in [9.17, 15) is 9.59 Å². The number of rotatable bonds is 7. The molecule has 0 fully saturated rings. The van der Waals surface area contributed by atoms with E-state index in [1.54, 1.807) is 18.2 Å². The number of nitrogens with one attached hydrogen (secondary N) is 2. The first-order chi connectivity index (χ1) is 14.3. The lowest BCUT2D eigenvalue weighted by atomic mass is 10.0. The fourth-order valence-corrected chi connectivity index (χ4v) is 4.34. The van der Waals surface area contributed by atoms with Gasteiger partial charge in [-0.25, -0.2) is 4.98 Å². The number of aryl methyl sites for hydroxylation is 2. The molecule has 1 heterocycles. The molecule has 0 spiro atoms. The lowest BCUT2D eigenvalue weighted by Crippen LogP contribution is -2.47. The van der Waals surface area contributed by atoms with E-state index in [0.717, 1.165) is 21.3 Å². The molecular weight excluding hydrogens is 398 g/mol. The van der Waals surface area contributed by atoms with Gasteiger partial charge in [0.05, 0.1) is 22.4 Å². The highest BCUT2D eigenvalue weighted by Crippen LogP contribution is 2.29. The lowest BCUT2D eigenvalue weighted by molar-refractivity contribution is -0.118. The average Bonchev–Trinajstić information content (AvgIpc) is 3.08. The van der Waals surface area contributed by atoms with Gasteiger partial charge in [-0.3, -0.25) is 9.59 Å². The zero-order valence-electron chi connectivity index (χ0n) is 17.9. The van der Waals surface area contributed by atoms with Gasteiger partial charge in [-0.2, -0.15) is 0 Å². The second-order valence-electron chi connectivity index (χ2n) is 7.56. The summed E-state index contributed by atoms with van der Waals surface area (Å²) in [5.74, 6) is -0.242. The Bertz CT molecular complexity index is 1070. The summed E-state index contributed by atoms with van der Waals surface area (Å²) in [5.41, 5.74) is 3.52. The molecule has 0 aliphatic carbocycles. The minimum absolute atomic E-state index is 0.105. The van der Waals surface area contributed by atoms with Gasteiger partial charge < -0.3 is 15.4 Å². The Morgan fingerprint density at radius 2 is 1.90 bits per heavy atom. The highest BCUT2D eigenvalue weighted by atomic mass is 32.1. The predicted molar refractivity (Wildman–Crippen MR) is 121 cm³/mol. The van der Waals surface area contributed by atoms with Crippen LogP contribution in [0.5, 0.6) is 5.75 Å². The average molecular weight is 426 g/mol. The SMILES string of the molecule is CCOc1ccccc1C(=O)N[C@H](C(=O)Nc1nc2c(C)cc(C)cc2s1)C(C)C. The standard InChI is InChI=1S/C23H27N3O3S/c1-6-29-17-10-8-7-9-16(17)21(27)24-19(13(2)3)22(28)26-23-25-20-15(5)11-14(4)12-18(20)30-23/h7-13,19H,6H2,1-5H3,(H,24,27)(H,25,26,28)/t19-/m0/s1. The second kappa shape index (κ2) is 9.26. The number of para-hydroxylation sites is 1. The van der Waals surface area contributed by atoms with Crippen molar-refractivity contribution < 1.29 is 14.3 Å². The van der Waals surface area contributed by atoms with Gasteiger partial charge in [-0.1, -0.05) is 43.4 Å². The van der Waals surface area contributed by atoms with Gasteiger partial charge in [0, 0.05) is 0 Å². The molecule has 3 rings (SSSR count). The molecule has 0 saturated heterocycles. The Hall–Kier alpha value is -2.93. The molecular formula is C23H27N3O3S. The number of ether oxygens (including phenoxy) is 1. The first kappa shape index (κ1) is 21.8. The summed E-state index contributed by atoms with van der Waals surface area (Å²) in [6.07, 6.45) is 0. The molecule has 6 nitrogen and oxygen atoms in total. The maximum Gasteiger partial charge on any atom is 0.255 e. The molecule has 158 valence electrons. The number of amides is 2. The molecule has 1 atom stereocenters. The van der Waals surface area contributed by atoms with Crippen LogP contribution in [0.1, 0.15) is 42.3 Å². The summed E-state index contributed by atoms with van der Waals surface area (Å²) in [5, 5.41) is 6.26. The van der Waals surface area contributed by atoms with E-state index in [1.165, 1.54) is 11.3 Å². The molecule has 30 heavy (non-hydrogen) atoms. The van der Waals surface area contributed by atoms with E-state index in [1.807, 2.05) is 40.7 Å². The number of hydrogen-bond acceptors (Lipinski definition) is 5. The van der Waals surface area contributed by atoms with Crippen molar-refractivity contribution in [3.8, 4) is 5.75 Å². The lowest BCUT2D eigenvalue weighted by Gasteiger charge is -2.21. The molecule has 0 aliphatic heterocycles. The molecule has 7 heteroatoms. The maximum atomic E-state index is 13.0. The molecule has 0 aliphatic rings. The number of nitrogens with zero attached hydrogens (tertiary/aromatic N) is 1. The van der Waals surface area contributed by atoms with Crippen molar-refractivity contribution in [3.05, 3.63) is 53.1 Å². The smallest absolute Gasteiger partial charge is 0.255 e. The van der Waals surface area contributed by atoms with Gasteiger partial charge in [0.1, 0.15) is 11.8 Å². The number of hydrogen-bond donors (Lipinski definition) is 2. The van der Waals surface area contributed by atoms with Crippen molar-refractivity contribution in [1.29, 1.82) is 0 Å². The molecule has 0 bridgehead atoms. The number of benzene rings is 2. The van der Waals surface area contributed by atoms with Gasteiger partial charge in [-0.05, 0) is 56.0 Å². The van der Waals surface area contributed by atoms with Gasteiger partial charge in [0.25, 0.3) is 5.91 Å². The minimum Gasteiger partial charge on any atom is -0.493 e. The zero-order valence-corrected chi connectivity index (χ0v) is 18.7. The molecule has 0 radical (unpaired) electrons. The fourth-order valence-electron chi connectivity index (χ4n) is 3.30. The van der Waals surface area contributed by atoms with E-state index in [0.29, 0.717) is 23.1 Å². The highest BCUT2D eigenvalue weighted by Gasteiger charge is 2.26. The maximum absolute atomic E-state index is 13.0. The van der Waals surface area contributed by atoms with E-state index in [4.69, 9.17) is 4.74 Å². The van der Waals surface area contributed by atoms with E-state index >= 15 is 0 Å². The third kappa shape index (κ3) is 4.79. The third-order valence-corrected chi connectivity index (χ3v) is 5.65. The topological polar surface area (TPSA) is 80.3 Å². The van der Waals surface area contributed by atoms with Crippen LogP contribution in [-0.2, 0) is 4.79 Å². The molecule has 2 aromatic carbocycles. The van der Waals surface area contributed by atoms with Crippen molar-refractivity contribution in [1.82, 2.24) is 10.3 Å². The van der Waals surface area contributed by atoms with Crippen LogP contribution < -0.4 is 15.4 Å². The largest absolute Gasteiger partial charge is 0.493 e. The van der Waals surface area contributed by atoms with Crippen LogP contribution >= 0.6 is 11.3 Å². The van der Waals surface area contributed by atoms with Crippen molar-refractivity contribution in [2.45, 2.75) is 40.7 Å². The first-order valence-corrected chi connectivity index (χ1v) is 10.8. The van der Waals surface area contributed by atoms with E-state index < -0.39 is 6.04 Å². The summed E-state index contributed by atoms with van der Waals surface area (Å²) < 4.78 is 6.57. The van der Waals surface area contributed by atoms with Crippen LogP contribution in [0.15, 0.2) is 36.4 Å². The summed E-state index contributed by atoms with van der Waals surface area (Å²) in [7, 11) is 0. The number of aromatic nitrogens is 1. The van der Waals surface area contributed by atoms with Crippen LogP contribution in [0.2, 0.25) is 0 Å². The van der Waals surface area contributed by atoms with E-state index in [2.05, 4.69) is 27.8 Å². The quantitative estimate of drug-likeness (QED) is 0.575. The first-order valence-electron chi connectivity index (χ1n) is 10.0. The Morgan fingerprint density at radius 3 is 2.60 bits per heavy atom. The van der Waals surface area contributed by atoms with Gasteiger partial charge in [0.15, 0.2) is 5.13 Å². The number of thiazole rings is 1. The monoisotopic (exact) mass is 425 g/mol. The van der Waals surface area contributed by atoms with Crippen LogP contribution in [-0.4, -0.2) is 29.4 Å². The second-order valence-corrected chi connectivity index (χ2v) is 8.59. The zero-order chi connectivity index (χ0) is 21.8. The van der Waals surface area contributed by atoms with E-state index in [-0.39, 0.29) is 17.7 Å². The molecule has 2 amide bonds. The van der Waals surface area contributed by atoms with Crippen LogP contribution in [0, 0.1) is 19.8 Å². The normalized spacial score (nSPS) is 12.1. The number of anilines is 1. The molecule has 2 N–H and O–H groups in total. The number of fused-ring (bicyclic) bond motifs is 1. The predicted octanol–water partition coefficient (Wildman–Crippen LogP) is 4.70. The van der Waals surface area contributed by atoms with Crippen LogP contribution in [0.3, 0.4) is 0 Å². The summed E-state index contributed by atoms with van der Waals surface area (Å²) in [6.45, 7) is 10.1. The van der Waals surface area contributed by atoms with Crippen molar-refractivity contribution in [2.24, 2.45) is 5.92 Å². The number of carbonyl (C=O) groups is 2. The number of carbonyl (C=O) groups excluding carboxylic acids is 2. The van der Waals surface area contributed by atoms with Gasteiger partial charge in [0.2, 0.25) is 5.91 Å². The van der Waals surface area contributed by atoms with Gasteiger partial charge >= 0.3 is 0 Å². The van der Waals surface area contributed by atoms with Crippen molar-refractivity contribution in [3.63, 3.8) is 0 Å². The summed E-state index contributed by atoms with van der Waals surface area (Å²) >= 11 is 1.43. The van der Waals surface area contributed by atoms with Crippen LogP contribution in [0.4, 0.5) is 5.13 Å². The Balaban J connectivity index is 1.79. The summed E-state index contributed by atoms with van der Waals surface area (Å²) in [6, 6.07) is 10.4. The Labute approximate surface area is 180 Å². The molecule has 0 saturated carbocycles. The summed E-state index contributed by atoms with van der Waals surface area (Å²) in [4.78, 5) is 30.4. The molecule has 0 unspecified atom stereocenters. The highest BCUT2D eigenvalue weighted by molar-refractivity contribution is 7.22. The van der Waals surface area contributed by atoms with Crippen molar-refractivity contribution >= 4 is 38.5 Å². The molecule has 3 aromatic rings. The fraction of sp³-hybridized carbons (Fsp3) is 0.348.